The van der Waals surface area contributed by atoms with E-state index in [0.717, 1.165) is 12.3 Å². The van der Waals surface area contributed by atoms with Crippen LogP contribution in [0, 0.1) is 11.8 Å². The van der Waals surface area contributed by atoms with Gasteiger partial charge in [-0.15, -0.1) is 0 Å². The summed E-state index contributed by atoms with van der Waals surface area (Å²) < 4.78 is 0. The van der Waals surface area contributed by atoms with Crippen LogP contribution in [0.4, 0.5) is 0 Å². The molecule has 0 bridgehead atoms. The van der Waals surface area contributed by atoms with Crippen LogP contribution in [0.5, 0.6) is 0 Å². The van der Waals surface area contributed by atoms with Crippen molar-refractivity contribution in [2.45, 2.75) is 51.9 Å². The lowest BCUT2D eigenvalue weighted by Crippen LogP contribution is -2.26. The molecule has 0 unspecified atom stereocenters. The second kappa shape index (κ2) is 6.14. The molecule has 1 aliphatic carbocycles. The molecule has 1 rings (SSSR count). The Labute approximate surface area is 94.0 Å². The monoisotopic (exact) mass is 211 g/mol. The van der Waals surface area contributed by atoms with Crippen molar-refractivity contribution in [3.63, 3.8) is 0 Å². The molecule has 2 heteroatoms. The van der Waals surface area contributed by atoms with Crippen molar-refractivity contribution in [2.24, 2.45) is 11.8 Å². The van der Waals surface area contributed by atoms with Crippen molar-refractivity contribution in [1.29, 1.82) is 0 Å². The van der Waals surface area contributed by atoms with Gasteiger partial charge in [0, 0.05) is 20.5 Å². The van der Waals surface area contributed by atoms with Gasteiger partial charge in [0.25, 0.3) is 0 Å². The maximum Gasteiger partial charge on any atom is 0.222 e. The van der Waals surface area contributed by atoms with E-state index in [0.29, 0.717) is 11.8 Å². The molecule has 0 aromatic rings. The predicted molar refractivity (Wildman–Crippen MR) is 63.7 cm³/mol. The summed E-state index contributed by atoms with van der Waals surface area (Å²) in [6, 6.07) is 0. The molecule has 15 heavy (non-hydrogen) atoms. The average molecular weight is 211 g/mol. The van der Waals surface area contributed by atoms with Crippen LogP contribution < -0.4 is 0 Å². The van der Waals surface area contributed by atoms with Gasteiger partial charge in [-0.3, -0.25) is 4.79 Å². The number of nitrogens with zero attached hydrogens (tertiary/aromatic N) is 1. The molecule has 0 saturated heterocycles. The molecule has 1 atom stereocenters. The summed E-state index contributed by atoms with van der Waals surface area (Å²) in [6.07, 6.45) is 8.66. The van der Waals surface area contributed by atoms with Gasteiger partial charge in [-0.05, 0) is 18.3 Å². The predicted octanol–water partition coefficient (Wildman–Crippen LogP) is 3.07. The van der Waals surface area contributed by atoms with Crippen LogP contribution in [0.15, 0.2) is 0 Å². The minimum atomic E-state index is 0.306. The Bertz CT molecular complexity index is 195. The maximum atomic E-state index is 11.7. The smallest absolute Gasteiger partial charge is 0.222 e. The average Bonchev–Trinajstić information content (AvgIpc) is 2.69. The summed E-state index contributed by atoms with van der Waals surface area (Å²) in [7, 11) is 3.72. The van der Waals surface area contributed by atoms with Crippen molar-refractivity contribution in [3.8, 4) is 0 Å². The molecular formula is C13H25NO. The molecule has 0 aliphatic heterocycles. The second-order valence-electron chi connectivity index (χ2n) is 5.09. The van der Waals surface area contributed by atoms with E-state index in [-0.39, 0.29) is 0 Å². The first-order chi connectivity index (χ1) is 7.15. The molecule has 0 heterocycles. The van der Waals surface area contributed by atoms with Crippen molar-refractivity contribution < 1.29 is 4.79 Å². The molecule has 1 amide bonds. The van der Waals surface area contributed by atoms with Crippen LogP contribution in [0.2, 0.25) is 0 Å². The van der Waals surface area contributed by atoms with Gasteiger partial charge in [-0.1, -0.05) is 39.0 Å². The van der Waals surface area contributed by atoms with Crippen molar-refractivity contribution in [2.75, 3.05) is 14.1 Å². The van der Waals surface area contributed by atoms with Crippen molar-refractivity contribution in [3.05, 3.63) is 0 Å². The summed E-state index contributed by atoms with van der Waals surface area (Å²) in [4.78, 5) is 13.4. The Morgan fingerprint density at radius 2 is 1.93 bits per heavy atom. The van der Waals surface area contributed by atoms with E-state index < -0.39 is 0 Å². The topological polar surface area (TPSA) is 20.3 Å². The Kier molecular flexibility index (Phi) is 5.13. The SMILES string of the molecule is CCC[C@H](CC(=O)N(C)C)C1CCCC1. The third-order valence-electron chi connectivity index (χ3n) is 3.66. The Morgan fingerprint density at radius 1 is 1.33 bits per heavy atom. The van der Waals surface area contributed by atoms with E-state index in [4.69, 9.17) is 0 Å². The van der Waals surface area contributed by atoms with Gasteiger partial charge >= 0.3 is 0 Å². The van der Waals surface area contributed by atoms with Crippen molar-refractivity contribution >= 4 is 5.91 Å². The molecule has 0 aromatic carbocycles. The fourth-order valence-corrected chi connectivity index (χ4v) is 2.71. The molecule has 88 valence electrons. The lowest BCUT2D eigenvalue weighted by molar-refractivity contribution is -0.130. The highest BCUT2D eigenvalue weighted by Gasteiger charge is 2.26. The van der Waals surface area contributed by atoms with Gasteiger partial charge in [0.2, 0.25) is 5.91 Å². The zero-order valence-corrected chi connectivity index (χ0v) is 10.5. The number of hydrogen-bond acceptors (Lipinski definition) is 1. The van der Waals surface area contributed by atoms with E-state index in [2.05, 4.69) is 6.92 Å². The van der Waals surface area contributed by atoms with Crippen LogP contribution in [-0.2, 0) is 4.79 Å². The molecule has 0 spiro atoms. The molecule has 1 aliphatic rings. The Balaban J connectivity index is 2.45. The van der Waals surface area contributed by atoms with Crippen LogP contribution >= 0.6 is 0 Å². The van der Waals surface area contributed by atoms with Gasteiger partial charge in [0.05, 0.1) is 0 Å². The Morgan fingerprint density at radius 3 is 2.40 bits per heavy atom. The van der Waals surface area contributed by atoms with Gasteiger partial charge in [-0.25, -0.2) is 0 Å². The summed E-state index contributed by atoms with van der Waals surface area (Å²) in [5.41, 5.74) is 0. The molecule has 0 N–H and O–H groups in total. The molecule has 2 nitrogen and oxygen atoms in total. The number of carbonyl (C=O) groups is 1. The highest BCUT2D eigenvalue weighted by molar-refractivity contribution is 5.75. The quantitative estimate of drug-likeness (QED) is 0.684. The number of carbonyl (C=O) groups excluding carboxylic acids is 1. The van der Waals surface area contributed by atoms with Crippen LogP contribution in [0.25, 0.3) is 0 Å². The van der Waals surface area contributed by atoms with Gasteiger partial charge < -0.3 is 4.90 Å². The highest BCUT2D eigenvalue weighted by atomic mass is 16.2. The van der Waals surface area contributed by atoms with E-state index in [1.165, 1.54) is 38.5 Å². The van der Waals surface area contributed by atoms with Crippen molar-refractivity contribution in [1.82, 2.24) is 4.90 Å². The van der Waals surface area contributed by atoms with E-state index in [1.54, 1.807) is 4.90 Å². The highest BCUT2D eigenvalue weighted by Crippen LogP contribution is 2.35. The van der Waals surface area contributed by atoms with E-state index in [9.17, 15) is 4.79 Å². The number of hydrogen-bond donors (Lipinski definition) is 0. The lowest BCUT2D eigenvalue weighted by atomic mass is 9.84. The fourth-order valence-electron chi connectivity index (χ4n) is 2.71. The largest absolute Gasteiger partial charge is 0.349 e. The summed E-state index contributed by atoms with van der Waals surface area (Å²) >= 11 is 0. The third-order valence-corrected chi connectivity index (χ3v) is 3.66. The first-order valence-electron chi connectivity index (χ1n) is 6.35. The van der Waals surface area contributed by atoms with Gasteiger partial charge in [-0.2, -0.15) is 0 Å². The lowest BCUT2D eigenvalue weighted by Gasteiger charge is -2.24. The maximum absolute atomic E-state index is 11.7. The second-order valence-corrected chi connectivity index (χ2v) is 5.09. The zero-order chi connectivity index (χ0) is 11.3. The van der Waals surface area contributed by atoms with E-state index in [1.807, 2.05) is 14.1 Å². The molecule has 0 radical (unpaired) electrons. The number of amides is 1. The molecule has 0 aromatic heterocycles. The minimum absolute atomic E-state index is 0.306. The summed E-state index contributed by atoms with van der Waals surface area (Å²) in [5, 5.41) is 0. The first-order valence-corrected chi connectivity index (χ1v) is 6.35. The van der Waals surface area contributed by atoms with E-state index >= 15 is 0 Å². The standard InChI is InChI=1S/C13H25NO/c1-4-7-12(10-13(15)14(2)3)11-8-5-6-9-11/h11-12H,4-10H2,1-3H3/t12-/m1/s1. The number of rotatable bonds is 5. The first kappa shape index (κ1) is 12.5. The molecule has 1 saturated carbocycles. The normalized spacial score (nSPS) is 19.1. The minimum Gasteiger partial charge on any atom is -0.349 e. The zero-order valence-electron chi connectivity index (χ0n) is 10.5. The summed E-state index contributed by atoms with van der Waals surface area (Å²) in [6.45, 7) is 2.22. The molecular weight excluding hydrogens is 186 g/mol. The fraction of sp³-hybridized carbons (Fsp3) is 0.923. The van der Waals surface area contributed by atoms with Gasteiger partial charge in [0.15, 0.2) is 0 Å². The van der Waals surface area contributed by atoms with Gasteiger partial charge in [0.1, 0.15) is 0 Å². The van der Waals surface area contributed by atoms with Crippen LogP contribution in [0.3, 0.4) is 0 Å². The summed E-state index contributed by atoms with van der Waals surface area (Å²) in [5.74, 6) is 1.78. The van der Waals surface area contributed by atoms with Crippen LogP contribution in [0.1, 0.15) is 51.9 Å². The molecule has 1 fully saturated rings. The Hall–Kier alpha value is -0.530. The third kappa shape index (κ3) is 3.84. The van der Waals surface area contributed by atoms with Crippen LogP contribution in [-0.4, -0.2) is 24.9 Å².